The molecule has 0 unspecified atom stereocenters. The Morgan fingerprint density at radius 3 is 2.42 bits per heavy atom. The second-order valence-electron chi connectivity index (χ2n) is 11.1. The first kappa shape index (κ1) is 26.2. The third kappa shape index (κ3) is 5.02. The van der Waals surface area contributed by atoms with E-state index in [1.54, 1.807) is 0 Å². The number of rotatable bonds is 8. The number of nitrogens with zero attached hydrogens (tertiary/aromatic N) is 2. The van der Waals surface area contributed by atoms with Gasteiger partial charge in [-0.1, -0.05) is 33.1 Å². The largest absolute Gasteiger partial charge is 0.471 e. The van der Waals surface area contributed by atoms with Crippen molar-refractivity contribution in [2.24, 2.45) is 29.1 Å². The van der Waals surface area contributed by atoms with Crippen molar-refractivity contribution in [3.63, 3.8) is 0 Å². The summed E-state index contributed by atoms with van der Waals surface area (Å²) in [7, 11) is 0. The second-order valence-corrected chi connectivity index (χ2v) is 11.1. The first-order valence-corrected chi connectivity index (χ1v) is 12.5. The molecule has 4 fully saturated rings. The number of piperidine rings is 1. The summed E-state index contributed by atoms with van der Waals surface area (Å²) in [6.07, 6.45) is -1.89. The Bertz CT molecular complexity index is 974. The van der Waals surface area contributed by atoms with Crippen molar-refractivity contribution in [2.75, 3.05) is 13.1 Å². The Balaban J connectivity index is 1.50. The summed E-state index contributed by atoms with van der Waals surface area (Å²) in [6.45, 7) is 4.63. The number of hydrogen-bond donors (Lipinski definition) is 3. The lowest BCUT2D eigenvalue weighted by Gasteiger charge is -2.36. The SMILES string of the molecule is CC1(C)[C@@H]2[C@@H](C(=O)N[C@H](C#N)C[C@@H]3CCNC3=O)N(C(=O)[C@@H](CC3CCC3)NC(=O)C(F)(F)F)C[C@@H]21. The summed E-state index contributed by atoms with van der Waals surface area (Å²) in [4.78, 5) is 51.8. The maximum Gasteiger partial charge on any atom is 0.471 e. The van der Waals surface area contributed by atoms with Gasteiger partial charge in [-0.05, 0) is 42.4 Å². The van der Waals surface area contributed by atoms with Crippen LogP contribution >= 0.6 is 0 Å². The van der Waals surface area contributed by atoms with Crippen LogP contribution in [0.25, 0.3) is 0 Å². The van der Waals surface area contributed by atoms with Crippen LogP contribution in [0, 0.1) is 40.4 Å². The van der Waals surface area contributed by atoms with Crippen molar-refractivity contribution in [2.45, 2.75) is 76.7 Å². The molecule has 3 N–H and O–H groups in total. The lowest BCUT2D eigenvalue weighted by atomic mass is 9.80. The summed E-state index contributed by atoms with van der Waals surface area (Å²) < 4.78 is 38.9. The summed E-state index contributed by atoms with van der Waals surface area (Å²) in [5, 5.41) is 16.8. The van der Waals surface area contributed by atoms with Gasteiger partial charge in [0.05, 0.1) is 6.07 Å². The molecule has 0 aromatic heterocycles. The molecule has 198 valence electrons. The van der Waals surface area contributed by atoms with Gasteiger partial charge in [-0.2, -0.15) is 18.4 Å². The average molecular weight is 512 g/mol. The molecule has 12 heteroatoms. The van der Waals surface area contributed by atoms with E-state index in [1.807, 2.05) is 25.2 Å². The molecule has 0 aromatic rings. The van der Waals surface area contributed by atoms with Crippen LogP contribution in [0.1, 0.15) is 52.4 Å². The Hall–Kier alpha value is -2.84. The van der Waals surface area contributed by atoms with Crippen LogP contribution in [0.2, 0.25) is 0 Å². The zero-order chi connectivity index (χ0) is 26.4. The fourth-order valence-electron chi connectivity index (χ4n) is 6.09. The van der Waals surface area contributed by atoms with Gasteiger partial charge in [-0.25, -0.2) is 0 Å². The number of hydrogen-bond acceptors (Lipinski definition) is 5. The molecule has 2 saturated heterocycles. The van der Waals surface area contributed by atoms with Gasteiger partial charge < -0.3 is 20.9 Å². The van der Waals surface area contributed by atoms with E-state index in [1.165, 1.54) is 4.90 Å². The Labute approximate surface area is 207 Å². The van der Waals surface area contributed by atoms with Crippen molar-refractivity contribution < 1.29 is 32.3 Å². The van der Waals surface area contributed by atoms with E-state index in [0.717, 1.165) is 19.3 Å². The van der Waals surface area contributed by atoms with E-state index in [4.69, 9.17) is 0 Å². The predicted octanol–water partition coefficient (Wildman–Crippen LogP) is 1.24. The lowest BCUT2D eigenvalue weighted by molar-refractivity contribution is -0.175. The molecule has 2 heterocycles. The zero-order valence-electron chi connectivity index (χ0n) is 20.4. The predicted molar refractivity (Wildman–Crippen MR) is 119 cm³/mol. The van der Waals surface area contributed by atoms with Crippen LogP contribution in [-0.4, -0.2) is 65.9 Å². The number of nitriles is 1. The molecule has 0 bridgehead atoms. The highest BCUT2D eigenvalue weighted by atomic mass is 19.4. The summed E-state index contributed by atoms with van der Waals surface area (Å²) in [5.74, 6) is -4.20. The van der Waals surface area contributed by atoms with Gasteiger partial charge in [0.2, 0.25) is 17.7 Å². The molecule has 4 rings (SSSR count). The minimum atomic E-state index is -5.13. The Morgan fingerprint density at radius 2 is 1.89 bits per heavy atom. The van der Waals surface area contributed by atoms with E-state index in [0.29, 0.717) is 13.0 Å². The molecule has 4 amide bonds. The van der Waals surface area contributed by atoms with E-state index in [-0.39, 0.29) is 48.5 Å². The van der Waals surface area contributed by atoms with Crippen molar-refractivity contribution in [1.29, 1.82) is 5.26 Å². The van der Waals surface area contributed by atoms with Gasteiger partial charge in [0.15, 0.2) is 0 Å². The van der Waals surface area contributed by atoms with Crippen LogP contribution in [-0.2, 0) is 19.2 Å². The fourth-order valence-corrected chi connectivity index (χ4v) is 6.09. The quantitative estimate of drug-likeness (QED) is 0.451. The number of amides is 4. The van der Waals surface area contributed by atoms with E-state index in [2.05, 4.69) is 10.6 Å². The van der Waals surface area contributed by atoms with E-state index >= 15 is 0 Å². The first-order valence-electron chi connectivity index (χ1n) is 12.5. The minimum absolute atomic E-state index is 0.0129. The molecule has 6 atom stereocenters. The number of fused-ring (bicyclic) bond motifs is 1. The molecular weight excluding hydrogens is 479 g/mol. The van der Waals surface area contributed by atoms with Crippen LogP contribution < -0.4 is 16.0 Å². The lowest BCUT2D eigenvalue weighted by Crippen LogP contribution is -2.58. The standard InChI is InChI=1S/C24H32F3N5O4/c1-23(2)15-11-32(21(35)16(8-12-4-3-5-12)31-22(36)24(25,26)27)18(17(15)23)20(34)30-14(10-28)9-13-6-7-29-19(13)33/h12-18H,3-9,11H2,1-2H3,(H,29,33)(H,30,34)(H,31,36)/t13-,14-,15-,16+,17-,18-/m0/s1. The summed E-state index contributed by atoms with van der Waals surface area (Å²) >= 11 is 0. The number of alkyl halides is 3. The molecule has 0 aromatic carbocycles. The van der Waals surface area contributed by atoms with Crippen LogP contribution in [0.5, 0.6) is 0 Å². The summed E-state index contributed by atoms with van der Waals surface area (Å²) in [6, 6.07) is -1.28. The average Bonchev–Trinajstić information content (AvgIpc) is 3.13. The van der Waals surface area contributed by atoms with Gasteiger partial charge in [0.1, 0.15) is 18.1 Å². The molecule has 0 spiro atoms. The smallest absolute Gasteiger partial charge is 0.356 e. The number of carbonyl (C=O) groups excluding carboxylic acids is 4. The van der Waals surface area contributed by atoms with Crippen molar-refractivity contribution in [3.8, 4) is 6.07 Å². The molecule has 36 heavy (non-hydrogen) atoms. The number of nitrogens with one attached hydrogen (secondary N) is 3. The van der Waals surface area contributed by atoms with Crippen molar-refractivity contribution >= 4 is 23.6 Å². The Morgan fingerprint density at radius 1 is 1.19 bits per heavy atom. The third-order valence-corrected chi connectivity index (χ3v) is 8.57. The number of likely N-dealkylation sites (tertiary alicyclic amines) is 1. The Kier molecular flexibility index (Phi) is 6.96. The summed E-state index contributed by atoms with van der Waals surface area (Å²) in [5.41, 5.74) is -0.245. The monoisotopic (exact) mass is 511 g/mol. The normalized spacial score (nSPS) is 30.3. The maximum atomic E-state index is 13.5. The highest BCUT2D eigenvalue weighted by molar-refractivity contribution is 5.94. The number of carbonyl (C=O) groups is 4. The fraction of sp³-hybridized carbons (Fsp3) is 0.792. The van der Waals surface area contributed by atoms with Crippen LogP contribution in [0.3, 0.4) is 0 Å². The minimum Gasteiger partial charge on any atom is -0.356 e. The molecule has 4 aliphatic rings. The molecule has 2 aliphatic heterocycles. The molecule has 2 saturated carbocycles. The van der Waals surface area contributed by atoms with E-state index < -0.39 is 47.9 Å². The molecular formula is C24H32F3N5O4. The molecule has 0 radical (unpaired) electrons. The third-order valence-electron chi connectivity index (χ3n) is 8.57. The molecule has 9 nitrogen and oxygen atoms in total. The van der Waals surface area contributed by atoms with Crippen LogP contribution in [0.4, 0.5) is 13.2 Å². The second kappa shape index (κ2) is 9.56. The molecule has 2 aliphatic carbocycles. The van der Waals surface area contributed by atoms with Crippen molar-refractivity contribution in [3.05, 3.63) is 0 Å². The maximum absolute atomic E-state index is 13.5. The van der Waals surface area contributed by atoms with Gasteiger partial charge in [0, 0.05) is 19.0 Å². The van der Waals surface area contributed by atoms with Gasteiger partial charge in [0.25, 0.3) is 0 Å². The highest BCUT2D eigenvalue weighted by Crippen LogP contribution is 2.65. The van der Waals surface area contributed by atoms with Gasteiger partial charge in [-0.3, -0.25) is 19.2 Å². The topological polar surface area (TPSA) is 131 Å². The van der Waals surface area contributed by atoms with E-state index in [9.17, 15) is 37.6 Å². The number of halogens is 3. The van der Waals surface area contributed by atoms with Crippen molar-refractivity contribution in [1.82, 2.24) is 20.9 Å². The zero-order valence-corrected chi connectivity index (χ0v) is 20.4. The van der Waals surface area contributed by atoms with Crippen LogP contribution in [0.15, 0.2) is 0 Å². The first-order chi connectivity index (χ1) is 16.8. The van der Waals surface area contributed by atoms with Gasteiger partial charge >= 0.3 is 12.1 Å². The highest BCUT2D eigenvalue weighted by Gasteiger charge is 2.69. The van der Waals surface area contributed by atoms with Gasteiger partial charge in [-0.15, -0.1) is 0 Å².